The molecule has 1 atom stereocenters. The molecule has 0 radical (unpaired) electrons. The summed E-state index contributed by atoms with van der Waals surface area (Å²) in [5, 5.41) is 16.3. The highest BCUT2D eigenvalue weighted by molar-refractivity contribution is 6.32. The minimum absolute atomic E-state index is 0.0123. The van der Waals surface area contributed by atoms with Crippen molar-refractivity contribution in [3.8, 4) is 5.75 Å². The minimum atomic E-state index is -0.902. The first-order valence-electron chi connectivity index (χ1n) is 9.98. The van der Waals surface area contributed by atoms with Gasteiger partial charge in [-0.15, -0.1) is 0 Å². The van der Waals surface area contributed by atoms with Crippen LogP contribution >= 0.6 is 11.6 Å². The van der Waals surface area contributed by atoms with E-state index in [1.165, 1.54) is 17.0 Å². The van der Waals surface area contributed by atoms with E-state index in [0.717, 1.165) is 6.07 Å². The number of nitrogens with zero attached hydrogens (tertiary/aromatic N) is 2. The molecule has 0 aliphatic heterocycles. The summed E-state index contributed by atoms with van der Waals surface area (Å²) in [6.45, 7) is 3.41. The topological polar surface area (TPSA) is 131 Å². The minimum Gasteiger partial charge on any atom is -0.484 e. The Bertz CT molecular complexity index is 1040. The van der Waals surface area contributed by atoms with Gasteiger partial charge < -0.3 is 20.3 Å². The number of nitro benzene ring substituents is 1. The third-order valence-electron chi connectivity index (χ3n) is 4.62. The zero-order valence-corrected chi connectivity index (χ0v) is 19.4. The van der Waals surface area contributed by atoms with E-state index in [0.29, 0.717) is 11.4 Å². The van der Waals surface area contributed by atoms with Crippen molar-refractivity contribution in [2.75, 3.05) is 26.0 Å². The highest BCUT2D eigenvalue weighted by Crippen LogP contribution is 2.25. The van der Waals surface area contributed by atoms with Crippen LogP contribution in [0.5, 0.6) is 5.75 Å². The Morgan fingerprint density at radius 3 is 2.30 bits per heavy atom. The summed E-state index contributed by atoms with van der Waals surface area (Å²) in [4.78, 5) is 48.8. The largest absolute Gasteiger partial charge is 0.484 e. The van der Waals surface area contributed by atoms with Crippen LogP contribution in [-0.4, -0.2) is 54.3 Å². The SMILES string of the molecule is CC(C)C(NC(=O)c1ccc(Cl)c([N+](=O)[O-])c1)C(=O)Nc1ccc(OCC(=O)N(C)C)cc1. The van der Waals surface area contributed by atoms with Gasteiger partial charge in [0.25, 0.3) is 17.5 Å². The number of nitro groups is 1. The molecular formula is C22H25ClN4O6. The molecular weight excluding hydrogens is 452 g/mol. The van der Waals surface area contributed by atoms with Crippen molar-refractivity contribution < 1.29 is 24.0 Å². The molecule has 3 amide bonds. The number of amides is 3. The molecule has 0 spiro atoms. The fraction of sp³-hybridized carbons (Fsp3) is 0.318. The normalized spacial score (nSPS) is 11.5. The van der Waals surface area contributed by atoms with Gasteiger partial charge in [0.15, 0.2) is 6.61 Å². The van der Waals surface area contributed by atoms with E-state index >= 15 is 0 Å². The van der Waals surface area contributed by atoms with Crippen LogP contribution in [-0.2, 0) is 9.59 Å². The molecule has 0 saturated carbocycles. The van der Waals surface area contributed by atoms with E-state index < -0.39 is 28.5 Å². The Kier molecular flexibility index (Phi) is 8.75. The lowest BCUT2D eigenvalue weighted by Crippen LogP contribution is -2.47. The van der Waals surface area contributed by atoms with Gasteiger partial charge in [0.05, 0.1) is 4.92 Å². The lowest BCUT2D eigenvalue weighted by Gasteiger charge is -2.22. The average Bonchev–Trinajstić information content (AvgIpc) is 2.76. The maximum atomic E-state index is 12.8. The number of rotatable bonds is 9. The van der Waals surface area contributed by atoms with Gasteiger partial charge in [-0.05, 0) is 42.3 Å². The Morgan fingerprint density at radius 1 is 1.12 bits per heavy atom. The van der Waals surface area contributed by atoms with Crippen LogP contribution in [0, 0.1) is 16.0 Å². The molecule has 0 heterocycles. The van der Waals surface area contributed by atoms with Crippen LogP contribution in [0.1, 0.15) is 24.2 Å². The first kappa shape index (κ1) is 25.6. The van der Waals surface area contributed by atoms with E-state index in [-0.39, 0.29) is 29.0 Å². The second-order valence-electron chi connectivity index (χ2n) is 7.71. The van der Waals surface area contributed by atoms with E-state index in [1.54, 1.807) is 52.2 Å². The number of likely N-dealkylation sites (N-methyl/N-ethyl adjacent to an activating group) is 1. The van der Waals surface area contributed by atoms with Gasteiger partial charge in [-0.25, -0.2) is 0 Å². The van der Waals surface area contributed by atoms with Crippen LogP contribution in [0.4, 0.5) is 11.4 Å². The molecule has 0 fully saturated rings. The summed E-state index contributed by atoms with van der Waals surface area (Å²) in [5.74, 6) is -1.10. The molecule has 176 valence electrons. The Labute approximate surface area is 196 Å². The third-order valence-corrected chi connectivity index (χ3v) is 4.94. The quantitative estimate of drug-likeness (QED) is 0.422. The summed E-state index contributed by atoms with van der Waals surface area (Å²) in [6.07, 6.45) is 0. The van der Waals surface area contributed by atoms with Crippen LogP contribution in [0.25, 0.3) is 0 Å². The van der Waals surface area contributed by atoms with E-state index in [4.69, 9.17) is 16.3 Å². The van der Waals surface area contributed by atoms with Crippen LogP contribution < -0.4 is 15.4 Å². The molecule has 2 aromatic rings. The van der Waals surface area contributed by atoms with Gasteiger partial charge in [0, 0.05) is 31.4 Å². The zero-order chi connectivity index (χ0) is 24.7. The van der Waals surface area contributed by atoms with E-state index in [1.807, 2.05) is 0 Å². The Hall–Kier alpha value is -3.66. The number of hydrogen-bond acceptors (Lipinski definition) is 6. The van der Waals surface area contributed by atoms with Gasteiger partial charge in [-0.1, -0.05) is 25.4 Å². The number of halogens is 1. The van der Waals surface area contributed by atoms with Crippen molar-refractivity contribution in [2.45, 2.75) is 19.9 Å². The molecule has 0 bridgehead atoms. The number of carbonyl (C=O) groups excluding carboxylic acids is 3. The molecule has 11 heteroatoms. The fourth-order valence-corrected chi connectivity index (χ4v) is 2.87. The first-order chi connectivity index (χ1) is 15.5. The lowest BCUT2D eigenvalue weighted by molar-refractivity contribution is -0.384. The molecule has 33 heavy (non-hydrogen) atoms. The van der Waals surface area contributed by atoms with Crippen LogP contribution in [0.3, 0.4) is 0 Å². The molecule has 0 aliphatic carbocycles. The van der Waals surface area contributed by atoms with Crippen molar-refractivity contribution in [2.24, 2.45) is 5.92 Å². The maximum Gasteiger partial charge on any atom is 0.288 e. The summed E-state index contributed by atoms with van der Waals surface area (Å²) in [6, 6.07) is 9.19. The van der Waals surface area contributed by atoms with Gasteiger partial charge in [0.1, 0.15) is 16.8 Å². The number of carbonyl (C=O) groups is 3. The Balaban J connectivity index is 2.05. The summed E-state index contributed by atoms with van der Waals surface area (Å²) in [7, 11) is 3.25. The molecule has 10 nitrogen and oxygen atoms in total. The molecule has 0 aromatic heterocycles. The molecule has 2 N–H and O–H groups in total. The first-order valence-corrected chi connectivity index (χ1v) is 10.4. The third kappa shape index (κ3) is 7.18. The van der Waals surface area contributed by atoms with Crippen molar-refractivity contribution in [1.29, 1.82) is 0 Å². The van der Waals surface area contributed by atoms with E-state index in [2.05, 4.69) is 10.6 Å². The Morgan fingerprint density at radius 2 is 1.76 bits per heavy atom. The number of benzene rings is 2. The van der Waals surface area contributed by atoms with Crippen molar-refractivity contribution >= 4 is 40.7 Å². The van der Waals surface area contributed by atoms with Crippen LogP contribution in [0.15, 0.2) is 42.5 Å². The maximum absolute atomic E-state index is 12.8. The fourth-order valence-electron chi connectivity index (χ4n) is 2.68. The van der Waals surface area contributed by atoms with Crippen molar-refractivity contribution in [1.82, 2.24) is 10.2 Å². The number of anilines is 1. The standard InChI is InChI=1S/C22H25ClN4O6/c1-13(2)20(25-21(29)14-5-10-17(23)18(11-14)27(31)32)22(30)24-15-6-8-16(9-7-15)33-12-19(28)26(3)4/h5-11,13,20H,12H2,1-4H3,(H,24,30)(H,25,29). The molecule has 0 saturated heterocycles. The summed E-state index contributed by atoms with van der Waals surface area (Å²) >= 11 is 5.79. The van der Waals surface area contributed by atoms with Gasteiger partial charge in [-0.2, -0.15) is 0 Å². The van der Waals surface area contributed by atoms with Gasteiger partial charge in [-0.3, -0.25) is 24.5 Å². The molecule has 0 aliphatic rings. The van der Waals surface area contributed by atoms with Crippen LogP contribution in [0.2, 0.25) is 5.02 Å². The second-order valence-corrected chi connectivity index (χ2v) is 8.12. The zero-order valence-electron chi connectivity index (χ0n) is 18.6. The lowest BCUT2D eigenvalue weighted by atomic mass is 10.0. The summed E-state index contributed by atoms with van der Waals surface area (Å²) in [5.41, 5.74) is 0.0797. The number of hydrogen-bond donors (Lipinski definition) is 2. The molecule has 2 aromatic carbocycles. The van der Waals surface area contributed by atoms with E-state index in [9.17, 15) is 24.5 Å². The number of ether oxygens (including phenoxy) is 1. The van der Waals surface area contributed by atoms with Crippen molar-refractivity contribution in [3.05, 3.63) is 63.2 Å². The predicted octanol–water partition coefficient (Wildman–Crippen LogP) is 3.11. The second kappa shape index (κ2) is 11.3. The highest BCUT2D eigenvalue weighted by atomic mass is 35.5. The molecule has 2 rings (SSSR count). The number of nitrogens with one attached hydrogen (secondary N) is 2. The smallest absolute Gasteiger partial charge is 0.288 e. The predicted molar refractivity (Wildman–Crippen MR) is 123 cm³/mol. The highest BCUT2D eigenvalue weighted by Gasteiger charge is 2.26. The van der Waals surface area contributed by atoms with Crippen molar-refractivity contribution in [3.63, 3.8) is 0 Å². The van der Waals surface area contributed by atoms with Gasteiger partial charge >= 0.3 is 0 Å². The monoisotopic (exact) mass is 476 g/mol. The summed E-state index contributed by atoms with van der Waals surface area (Å²) < 4.78 is 5.39. The van der Waals surface area contributed by atoms with Gasteiger partial charge in [0.2, 0.25) is 5.91 Å². The average molecular weight is 477 g/mol. The molecule has 1 unspecified atom stereocenters.